The number of carbonyl (C=O) groups is 2. The van der Waals surface area contributed by atoms with E-state index >= 15 is 0 Å². The Kier molecular flexibility index (Phi) is 3.81. The zero-order chi connectivity index (χ0) is 14.9. The number of fused-ring (bicyclic) bond motifs is 1. The molecule has 0 radical (unpaired) electrons. The lowest BCUT2D eigenvalue weighted by atomic mass is 10.1. The maximum atomic E-state index is 11.7. The second-order valence-corrected chi connectivity index (χ2v) is 5.10. The number of benzene rings is 1. The summed E-state index contributed by atoms with van der Waals surface area (Å²) in [5, 5.41) is 2.48. The number of hydrogen-bond acceptors (Lipinski definition) is 6. The van der Waals surface area contributed by atoms with E-state index in [0.717, 1.165) is 0 Å². The minimum atomic E-state index is -2.25. The van der Waals surface area contributed by atoms with Crippen LogP contribution in [-0.4, -0.2) is 25.7 Å². The highest BCUT2D eigenvalue weighted by molar-refractivity contribution is 7.38. The molecule has 7 nitrogen and oxygen atoms in total. The molecule has 1 aromatic carbocycles. The third kappa shape index (κ3) is 2.67. The standard InChI is InChI=1S/C12H12NO6P/c1-6-11(14)13-10-8(12(15)17-2)4-7(19-20(3)16)5-9(10)18-6/h4-5,20H,1H2,2-3H3,(H,13,14). The van der Waals surface area contributed by atoms with Gasteiger partial charge >= 0.3 is 5.97 Å². The maximum absolute atomic E-state index is 11.7. The summed E-state index contributed by atoms with van der Waals surface area (Å²) in [5.41, 5.74) is 0.210. The summed E-state index contributed by atoms with van der Waals surface area (Å²) in [4.78, 5) is 23.3. The molecule has 1 heterocycles. The molecule has 1 N–H and O–H groups in total. The van der Waals surface area contributed by atoms with Crippen molar-refractivity contribution in [3.8, 4) is 11.5 Å². The van der Waals surface area contributed by atoms with Crippen LogP contribution in [0.3, 0.4) is 0 Å². The number of carbonyl (C=O) groups excluding carboxylic acids is 2. The van der Waals surface area contributed by atoms with Crippen LogP contribution in [0.25, 0.3) is 0 Å². The van der Waals surface area contributed by atoms with Gasteiger partial charge in [-0.3, -0.25) is 9.36 Å². The Bertz CT molecular complexity index is 639. The van der Waals surface area contributed by atoms with E-state index in [4.69, 9.17) is 9.26 Å². The van der Waals surface area contributed by atoms with E-state index in [9.17, 15) is 14.2 Å². The van der Waals surface area contributed by atoms with Crippen LogP contribution in [0.4, 0.5) is 5.69 Å². The van der Waals surface area contributed by atoms with E-state index in [-0.39, 0.29) is 28.5 Å². The average Bonchev–Trinajstić information content (AvgIpc) is 2.38. The molecule has 0 bridgehead atoms. The van der Waals surface area contributed by atoms with Gasteiger partial charge in [-0.25, -0.2) is 4.79 Å². The van der Waals surface area contributed by atoms with Gasteiger partial charge in [-0.1, -0.05) is 6.58 Å². The third-order valence-electron chi connectivity index (χ3n) is 2.47. The van der Waals surface area contributed by atoms with Gasteiger partial charge in [0.1, 0.15) is 5.75 Å². The molecule has 1 atom stereocenters. The number of nitrogens with one attached hydrogen (secondary N) is 1. The number of methoxy groups -OCH3 is 1. The van der Waals surface area contributed by atoms with Crippen molar-refractivity contribution in [2.75, 3.05) is 19.1 Å². The van der Waals surface area contributed by atoms with Crippen LogP contribution in [-0.2, 0) is 14.1 Å². The van der Waals surface area contributed by atoms with Crippen molar-refractivity contribution in [1.82, 2.24) is 0 Å². The number of ether oxygens (including phenoxy) is 2. The Morgan fingerprint density at radius 3 is 2.75 bits per heavy atom. The van der Waals surface area contributed by atoms with E-state index in [1.807, 2.05) is 0 Å². The minimum absolute atomic E-state index is 0.0455. The molecule has 8 heteroatoms. The fraction of sp³-hybridized carbons (Fsp3) is 0.167. The van der Waals surface area contributed by atoms with E-state index in [1.165, 1.54) is 25.9 Å². The van der Waals surface area contributed by atoms with Gasteiger partial charge in [0.25, 0.3) is 5.91 Å². The molecule has 0 aromatic heterocycles. The summed E-state index contributed by atoms with van der Waals surface area (Å²) in [6.07, 6.45) is 0. The lowest BCUT2D eigenvalue weighted by molar-refractivity contribution is -0.115. The quantitative estimate of drug-likeness (QED) is 0.519. The monoisotopic (exact) mass is 297 g/mol. The average molecular weight is 297 g/mol. The Labute approximate surface area is 115 Å². The first-order chi connectivity index (χ1) is 9.42. The highest BCUT2D eigenvalue weighted by Gasteiger charge is 2.27. The highest BCUT2D eigenvalue weighted by atomic mass is 31.1. The number of anilines is 1. The Balaban J connectivity index is 2.56. The fourth-order valence-corrected chi connectivity index (χ4v) is 2.11. The van der Waals surface area contributed by atoms with Crippen molar-refractivity contribution in [3.63, 3.8) is 0 Å². The molecule has 1 amide bonds. The molecule has 1 aliphatic rings. The van der Waals surface area contributed by atoms with Crippen LogP contribution in [0.2, 0.25) is 0 Å². The largest absolute Gasteiger partial charge is 0.465 e. The first kappa shape index (κ1) is 14.1. The lowest BCUT2D eigenvalue weighted by Gasteiger charge is -2.21. The fourth-order valence-electron chi connectivity index (χ4n) is 1.66. The molecule has 1 unspecified atom stereocenters. The van der Waals surface area contributed by atoms with Crippen LogP contribution < -0.4 is 14.6 Å². The summed E-state index contributed by atoms with van der Waals surface area (Å²) in [6.45, 7) is 4.84. The first-order valence-electron chi connectivity index (χ1n) is 5.55. The normalized spacial score (nSPS) is 14.7. The van der Waals surface area contributed by atoms with E-state index in [0.29, 0.717) is 0 Å². The molecule has 106 valence electrons. The second-order valence-electron chi connectivity index (χ2n) is 3.91. The van der Waals surface area contributed by atoms with Gasteiger partial charge < -0.3 is 19.3 Å². The van der Waals surface area contributed by atoms with Crippen molar-refractivity contribution in [3.05, 3.63) is 30.0 Å². The predicted octanol–water partition coefficient (Wildman–Crippen LogP) is 1.80. The summed E-state index contributed by atoms with van der Waals surface area (Å²) in [5.74, 6) is -0.996. The molecule has 0 spiro atoms. The molecular weight excluding hydrogens is 285 g/mol. The summed E-state index contributed by atoms with van der Waals surface area (Å²) >= 11 is 0. The van der Waals surface area contributed by atoms with Crippen molar-refractivity contribution in [1.29, 1.82) is 0 Å². The van der Waals surface area contributed by atoms with Gasteiger partial charge in [-0.15, -0.1) is 0 Å². The zero-order valence-electron chi connectivity index (χ0n) is 10.8. The molecule has 0 aliphatic carbocycles. The number of amides is 1. The number of esters is 1. The van der Waals surface area contributed by atoms with Gasteiger partial charge in [-0.2, -0.15) is 0 Å². The van der Waals surface area contributed by atoms with Gasteiger partial charge in [0.2, 0.25) is 8.03 Å². The van der Waals surface area contributed by atoms with Crippen LogP contribution in [0, 0.1) is 0 Å². The van der Waals surface area contributed by atoms with Crippen LogP contribution in [0.15, 0.2) is 24.5 Å². The smallest absolute Gasteiger partial charge is 0.340 e. The van der Waals surface area contributed by atoms with E-state index in [2.05, 4.69) is 16.6 Å². The molecule has 2 rings (SSSR count). The van der Waals surface area contributed by atoms with Crippen molar-refractivity contribution in [2.24, 2.45) is 0 Å². The van der Waals surface area contributed by atoms with E-state index < -0.39 is 19.9 Å². The highest BCUT2D eigenvalue weighted by Crippen LogP contribution is 2.39. The Morgan fingerprint density at radius 2 is 2.15 bits per heavy atom. The predicted molar refractivity (Wildman–Crippen MR) is 71.7 cm³/mol. The Morgan fingerprint density at radius 1 is 1.45 bits per heavy atom. The van der Waals surface area contributed by atoms with Crippen molar-refractivity contribution in [2.45, 2.75) is 0 Å². The minimum Gasteiger partial charge on any atom is -0.465 e. The van der Waals surface area contributed by atoms with Crippen molar-refractivity contribution < 1.29 is 28.2 Å². The summed E-state index contributed by atoms with van der Waals surface area (Å²) in [7, 11) is -1.05. The topological polar surface area (TPSA) is 90.9 Å². The van der Waals surface area contributed by atoms with Crippen molar-refractivity contribution >= 4 is 25.6 Å². The zero-order valence-corrected chi connectivity index (χ0v) is 11.8. The summed E-state index contributed by atoms with van der Waals surface area (Å²) < 4.78 is 26.1. The summed E-state index contributed by atoms with van der Waals surface area (Å²) in [6, 6.07) is 2.74. The molecule has 0 fully saturated rings. The molecule has 0 saturated carbocycles. The lowest BCUT2D eigenvalue weighted by Crippen LogP contribution is -2.24. The third-order valence-corrected chi connectivity index (χ3v) is 2.99. The molecule has 1 aliphatic heterocycles. The van der Waals surface area contributed by atoms with Gasteiger partial charge in [0.15, 0.2) is 11.5 Å². The van der Waals surface area contributed by atoms with E-state index in [1.54, 1.807) is 0 Å². The maximum Gasteiger partial charge on any atom is 0.340 e. The van der Waals surface area contributed by atoms with Crippen LogP contribution in [0.1, 0.15) is 10.4 Å². The number of rotatable bonds is 3. The molecule has 1 aromatic rings. The molecule has 0 saturated heterocycles. The Hall–Kier alpha value is -2.27. The van der Waals surface area contributed by atoms with Crippen LogP contribution in [0.5, 0.6) is 11.5 Å². The van der Waals surface area contributed by atoms with Gasteiger partial charge in [-0.05, 0) is 6.07 Å². The second kappa shape index (κ2) is 5.38. The van der Waals surface area contributed by atoms with Gasteiger partial charge in [0.05, 0.1) is 18.4 Å². The SMILES string of the molecule is C=C1Oc2cc(O[PH](C)=O)cc(C(=O)OC)c2NC1=O. The number of hydrogen-bond donors (Lipinski definition) is 1. The molecule has 20 heavy (non-hydrogen) atoms. The first-order valence-corrected chi connectivity index (χ1v) is 7.37. The van der Waals surface area contributed by atoms with Crippen LogP contribution >= 0.6 is 8.03 Å². The van der Waals surface area contributed by atoms with Gasteiger partial charge in [0, 0.05) is 12.7 Å². The molecular formula is C12H12NO6P.